The number of anilines is 1. The molecule has 25 heavy (non-hydrogen) atoms. The van der Waals surface area contributed by atoms with Gasteiger partial charge in [0.05, 0.1) is 6.54 Å². The zero-order valence-electron chi connectivity index (χ0n) is 14.9. The van der Waals surface area contributed by atoms with Crippen LogP contribution in [0.2, 0.25) is 0 Å². The molecule has 1 N–H and O–H groups in total. The van der Waals surface area contributed by atoms with E-state index in [1.165, 1.54) is 4.90 Å². The van der Waals surface area contributed by atoms with Crippen molar-refractivity contribution in [2.45, 2.75) is 25.9 Å². The van der Waals surface area contributed by atoms with Gasteiger partial charge in [-0.1, -0.05) is 29.8 Å². The maximum atomic E-state index is 13.0. The third kappa shape index (κ3) is 3.07. The highest BCUT2D eigenvalue weighted by atomic mass is 16.2. The van der Waals surface area contributed by atoms with E-state index in [1.807, 2.05) is 62.3 Å². The Kier molecular flexibility index (Phi) is 4.20. The summed E-state index contributed by atoms with van der Waals surface area (Å²) >= 11 is 0. The Morgan fingerprint density at radius 1 is 1.16 bits per heavy atom. The van der Waals surface area contributed by atoms with Gasteiger partial charge in [-0.2, -0.15) is 0 Å². The van der Waals surface area contributed by atoms with Crippen LogP contribution in [0.4, 0.5) is 10.6 Å². The lowest BCUT2D eigenvalue weighted by Gasteiger charge is -2.22. The summed E-state index contributed by atoms with van der Waals surface area (Å²) in [7, 11) is 3.79. The molecule has 6 nitrogen and oxygen atoms in total. The zero-order valence-corrected chi connectivity index (χ0v) is 14.9. The molecule has 1 atom stereocenters. The van der Waals surface area contributed by atoms with Crippen LogP contribution in [-0.4, -0.2) is 35.9 Å². The predicted molar refractivity (Wildman–Crippen MR) is 96.2 cm³/mol. The van der Waals surface area contributed by atoms with Gasteiger partial charge in [0.25, 0.3) is 5.91 Å². The number of hydrogen-bond donors (Lipinski definition) is 1. The smallest absolute Gasteiger partial charge is 0.325 e. The molecule has 2 heterocycles. The number of rotatable bonds is 4. The van der Waals surface area contributed by atoms with Gasteiger partial charge in [0.2, 0.25) is 0 Å². The molecule has 1 fully saturated rings. The van der Waals surface area contributed by atoms with Gasteiger partial charge in [-0.05, 0) is 37.1 Å². The van der Waals surface area contributed by atoms with E-state index >= 15 is 0 Å². The maximum absolute atomic E-state index is 13.0. The topological polar surface area (TPSA) is 65.5 Å². The highest BCUT2D eigenvalue weighted by molar-refractivity contribution is 6.07. The van der Waals surface area contributed by atoms with Gasteiger partial charge in [-0.25, -0.2) is 9.78 Å². The lowest BCUT2D eigenvalue weighted by Crippen LogP contribution is -2.40. The predicted octanol–water partition coefficient (Wildman–Crippen LogP) is 2.42. The molecule has 1 aromatic carbocycles. The molecule has 1 aliphatic heterocycles. The highest BCUT2D eigenvalue weighted by Gasteiger charge is 2.48. The molecule has 0 radical (unpaired) electrons. The standard InChI is InChI=1S/C19H22N4O2/c1-13-5-7-15(8-6-13)19(2)17(24)23(18(25)21-19)12-14-9-10-20-16(11-14)22(3)4/h5-11H,12H2,1-4H3,(H,21,25). The SMILES string of the molecule is Cc1ccc(C2(C)NC(=O)N(Cc3ccnc(N(C)C)c3)C2=O)cc1. The first-order valence-electron chi connectivity index (χ1n) is 8.15. The van der Waals surface area contributed by atoms with Crippen LogP contribution in [-0.2, 0) is 16.9 Å². The average Bonchev–Trinajstić information content (AvgIpc) is 2.80. The number of nitrogens with zero attached hydrogens (tertiary/aromatic N) is 3. The van der Waals surface area contributed by atoms with E-state index in [2.05, 4.69) is 10.3 Å². The van der Waals surface area contributed by atoms with E-state index in [-0.39, 0.29) is 18.5 Å². The summed E-state index contributed by atoms with van der Waals surface area (Å²) in [6.07, 6.45) is 1.68. The van der Waals surface area contributed by atoms with Gasteiger partial charge in [-0.15, -0.1) is 0 Å². The Morgan fingerprint density at radius 3 is 2.48 bits per heavy atom. The number of carbonyl (C=O) groups excluding carboxylic acids is 2. The van der Waals surface area contributed by atoms with Crippen molar-refractivity contribution in [3.05, 3.63) is 59.3 Å². The van der Waals surface area contributed by atoms with Crippen molar-refractivity contribution in [3.8, 4) is 0 Å². The number of amides is 3. The third-order valence-electron chi connectivity index (χ3n) is 4.51. The van der Waals surface area contributed by atoms with Gasteiger partial charge in [0.15, 0.2) is 0 Å². The molecule has 3 rings (SSSR count). The van der Waals surface area contributed by atoms with E-state index < -0.39 is 5.54 Å². The van der Waals surface area contributed by atoms with E-state index in [4.69, 9.17) is 0 Å². The summed E-state index contributed by atoms with van der Waals surface area (Å²) in [6.45, 7) is 3.95. The van der Waals surface area contributed by atoms with Crippen molar-refractivity contribution < 1.29 is 9.59 Å². The normalized spacial score (nSPS) is 19.9. The van der Waals surface area contributed by atoms with E-state index in [1.54, 1.807) is 13.1 Å². The fraction of sp³-hybridized carbons (Fsp3) is 0.316. The summed E-state index contributed by atoms with van der Waals surface area (Å²) < 4.78 is 0. The Labute approximate surface area is 147 Å². The van der Waals surface area contributed by atoms with E-state index in [0.29, 0.717) is 0 Å². The van der Waals surface area contributed by atoms with Crippen molar-refractivity contribution in [1.29, 1.82) is 0 Å². The van der Waals surface area contributed by atoms with E-state index in [0.717, 1.165) is 22.5 Å². The van der Waals surface area contributed by atoms with Crippen LogP contribution in [0.1, 0.15) is 23.6 Å². The summed E-state index contributed by atoms with van der Waals surface area (Å²) in [4.78, 5) is 32.8. The van der Waals surface area contributed by atoms with Crippen LogP contribution in [0.25, 0.3) is 0 Å². The minimum Gasteiger partial charge on any atom is -0.363 e. The first kappa shape index (κ1) is 17.0. The maximum Gasteiger partial charge on any atom is 0.325 e. The fourth-order valence-corrected chi connectivity index (χ4v) is 2.91. The lowest BCUT2D eigenvalue weighted by atomic mass is 9.91. The molecule has 1 aliphatic rings. The highest BCUT2D eigenvalue weighted by Crippen LogP contribution is 2.30. The second kappa shape index (κ2) is 6.20. The van der Waals surface area contributed by atoms with Crippen molar-refractivity contribution in [2.75, 3.05) is 19.0 Å². The van der Waals surface area contributed by atoms with Crippen molar-refractivity contribution in [3.63, 3.8) is 0 Å². The fourth-order valence-electron chi connectivity index (χ4n) is 2.91. The molecule has 130 valence electrons. The summed E-state index contributed by atoms with van der Waals surface area (Å²) in [5.74, 6) is 0.537. The molecule has 0 aliphatic carbocycles. The molecule has 1 unspecified atom stereocenters. The van der Waals surface area contributed by atoms with Crippen LogP contribution in [0.3, 0.4) is 0 Å². The Morgan fingerprint density at radius 2 is 1.84 bits per heavy atom. The Hall–Kier alpha value is -2.89. The minimum atomic E-state index is -1.04. The summed E-state index contributed by atoms with van der Waals surface area (Å²) in [6, 6.07) is 11.0. The third-order valence-corrected chi connectivity index (χ3v) is 4.51. The largest absolute Gasteiger partial charge is 0.363 e. The number of aryl methyl sites for hydroxylation is 1. The van der Waals surface area contributed by atoms with Crippen LogP contribution in [0.5, 0.6) is 0 Å². The summed E-state index contributed by atoms with van der Waals surface area (Å²) in [5.41, 5.74) is 1.70. The monoisotopic (exact) mass is 338 g/mol. The van der Waals surface area contributed by atoms with Crippen molar-refractivity contribution in [1.82, 2.24) is 15.2 Å². The van der Waals surface area contributed by atoms with Crippen molar-refractivity contribution in [2.24, 2.45) is 0 Å². The molecule has 0 spiro atoms. The summed E-state index contributed by atoms with van der Waals surface area (Å²) in [5, 5.41) is 2.83. The number of pyridine rings is 1. The molecule has 0 bridgehead atoms. The number of aromatic nitrogens is 1. The molecule has 6 heteroatoms. The van der Waals surface area contributed by atoms with Crippen LogP contribution in [0, 0.1) is 6.92 Å². The molecule has 2 aromatic rings. The van der Waals surface area contributed by atoms with Crippen LogP contribution in [0.15, 0.2) is 42.6 Å². The lowest BCUT2D eigenvalue weighted by molar-refractivity contribution is -0.131. The van der Waals surface area contributed by atoms with Gasteiger partial charge in [0, 0.05) is 20.3 Å². The van der Waals surface area contributed by atoms with E-state index in [9.17, 15) is 9.59 Å². The average molecular weight is 338 g/mol. The van der Waals surface area contributed by atoms with Gasteiger partial charge in [-0.3, -0.25) is 9.69 Å². The number of urea groups is 1. The first-order chi connectivity index (χ1) is 11.8. The molecular formula is C19H22N4O2. The van der Waals surface area contributed by atoms with Crippen molar-refractivity contribution >= 4 is 17.8 Å². The number of carbonyl (C=O) groups is 2. The van der Waals surface area contributed by atoms with Crippen LogP contribution >= 0.6 is 0 Å². The van der Waals surface area contributed by atoms with Gasteiger partial charge >= 0.3 is 6.03 Å². The number of benzene rings is 1. The molecule has 1 saturated heterocycles. The Bertz CT molecular complexity index is 816. The number of imide groups is 1. The zero-order chi connectivity index (χ0) is 18.2. The second-order valence-corrected chi connectivity index (χ2v) is 6.73. The molecular weight excluding hydrogens is 316 g/mol. The number of hydrogen-bond acceptors (Lipinski definition) is 4. The number of nitrogens with one attached hydrogen (secondary N) is 1. The van der Waals surface area contributed by atoms with Gasteiger partial charge < -0.3 is 10.2 Å². The van der Waals surface area contributed by atoms with Crippen LogP contribution < -0.4 is 10.2 Å². The first-order valence-corrected chi connectivity index (χ1v) is 8.15. The quantitative estimate of drug-likeness (QED) is 0.870. The molecule has 1 aromatic heterocycles. The molecule has 3 amide bonds. The van der Waals surface area contributed by atoms with Gasteiger partial charge in [0.1, 0.15) is 11.4 Å². The molecule has 0 saturated carbocycles. The second-order valence-electron chi connectivity index (χ2n) is 6.73. The Balaban J connectivity index is 1.86. The minimum absolute atomic E-state index is 0.218.